The molecule has 0 saturated carbocycles. The molecule has 0 saturated heterocycles. The molecule has 0 fully saturated rings. The Labute approximate surface area is 368 Å². The average molecular weight is 919 g/mol. The Kier molecular flexibility index (Phi) is 14.1. The number of rotatable bonds is 15. The molecule has 342 valence electrons. The largest absolute Gasteiger partial charge is 0.381 e. The maximum atomic E-state index is 14.1. The molecule has 21 nitrogen and oxygen atoms in total. The number of hydrogen-bond acceptors (Lipinski definition) is 15. The SMILES string of the molecule is OC(Cn1cncn1)(Cn1cncn1)c1ccc(F)cc1F.OC(Cn1cncn1)(Cn1cncn1)c1ccc(F)cc1F.OC(Cn1cncn1)(Cn1cncn1)c1ccc(F)cc1F. The third-order valence-electron chi connectivity index (χ3n) is 9.64. The van der Waals surface area contributed by atoms with Crippen molar-refractivity contribution in [2.24, 2.45) is 0 Å². The monoisotopic (exact) mass is 918 g/mol. The van der Waals surface area contributed by atoms with Gasteiger partial charge in [0.25, 0.3) is 0 Å². The molecule has 66 heavy (non-hydrogen) atoms. The predicted octanol–water partition coefficient (Wildman–Crippen LogP) is 2.21. The Morgan fingerprint density at radius 1 is 0.333 bits per heavy atom. The van der Waals surface area contributed by atoms with Crippen LogP contribution >= 0.6 is 0 Å². The van der Waals surface area contributed by atoms with E-state index >= 15 is 0 Å². The summed E-state index contributed by atoms with van der Waals surface area (Å²) in [7, 11) is 0. The summed E-state index contributed by atoms with van der Waals surface area (Å²) in [6.07, 6.45) is 16.2. The normalized spacial score (nSPS) is 11.8. The van der Waals surface area contributed by atoms with Crippen molar-refractivity contribution in [3.63, 3.8) is 0 Å². The Morgan fingerprint density at radius 2 is 0.530 bits per heavy atom. The van der Waals surface area contributed by atoms with Gasteiger partial charge in [-0.3, -0.25) is 0 Å². The predicted molar refractivity (Wildman–Crippen MR) is 211 cm³/mol. The van der Waals surface area contributed by atoms with E-state index in [9.17, 15) is 41.7 Å². The smallest absolute Gasteiger partial charge is 0.137 e. The Hall–Kier alpha value is -8.04. The highest BCUT2D eigenvalue weighted by atomic mass is 19.2. The second-order valence-corrected chi connectivity index (χ2v) is 14.5. The van der Waals surface area contributed by atoms with E-state index in [0.29, 0.717) is 0 Å². The fourth-order valence-corrected chi connectivity index (χ4v) is 6.76. The summed E-state index contributed by atoms with van der Waals surface area (Å²) in [5.74, 6) is -4.69. The molecule has 0 aliphatic heterocycles. The van der Waals surface area contributed by atoms with Crippen LogP contribution in [-0.2, 0) is 56.1 Å². The van der Waals surface area contributed by atoms with Crippen molar-refractivity contribution >= 4 is 0 Å². The average Bonchev–Trinajstić information content (AvgIpc) is 4.12. The van der Waals surface area contributed by atoms with E-state index in [1.165, 1.54) is 122 Å². The highest BCUT2D eigenvalue weighted by Crippen LogP contribution is 2.31. The number of aliphatic hydroxyl groups is 3. The van der Waals surface area contributed by atoms with Crippen molar-refractivity contribution in [1.82, 2.24) is 88.6 Å². The summed E-state index contributed by atoms with van der Waals surface area (Å²) >= 11 is 0. The lowest BCUT2D eigenvalue weighted by Crippen LogP contribution is -2.37. The first-order chi connectivity index (χ1) is 31.7. The van der Waals surface area contributed by atoms with Crippen LogP contribution in [-0.4, -0.2) is 104 Å². The molecule has 0 aliphatic carbocycles. The number of benzene rings is 3. The van der Waals surface area contributed by atoms with Crippen molar-refractivity contribution in [3.8, 4) is 0 Å². The van der Waals surface area contributed by atoms with E-state index in [2.05, 4.69) is 60.5 Å². The molecule has 0 amide bonds. The summed E-state index contributed by atoms with van der Waals surface area (Å²) in [5.41, 5.74) is -5.25. The van der Waals surface area contributed by atoms with Gasteiger partial charge in [0.2, 0.25) is 0 Å². The molecule has 9 aromatic rings. The fourth-order valence-electron chi connectivity index (χ4n) is 6.76. The van der Waals surface area contributed by atoms with E-state index in [4.69, 9.17) is 0 Å². The molecule has 0 radical (unpaired) electrons. The summed E-state index contributed by atoms with van der Waals surface area (Å²) in [5, 5.41) is 56.3. The third kappa shape index (κ3) is 11.6. The first kappa shape index (κ1) is 46.0. The maximum absolute atomic E-state index is 14.1. The molecule has 0 atom stereocenters. The number of aromatic nitrogens is 18. The molecule has 3 N–H and O–H groups in total. The van der Waals surface area contributed by atoms with Crippen LogP contribution < -0.4 is 0 Å². The van der Waals surface area contributed by atoms with E-state index < -0.39 is 51.7 Å². The Bertz CT molecular complexity index is 2430. The van der Waals surface area contributed by atoms with Gasteiger partial charge in [-0.25, -0.2) is 84.3 Å². The van der Waals surface area contributed by atoms with Gasteiger partial charge in [-0.2, -0.15) is 30.6 Å². The molecular formula is C39H36F6N18O3. The van der Waals surface area contributed by atoms with Gasteiger partial charge in [-0.05, 0) is 18.2 Å². The molecule has 0 spiro atoms. The van der Waals surface area contributed by atoms with Crippen LogP contribution in [0.1, 0.15) is 16.7 Å². The van der Waals surface area contributed by atoms with E-state index in [1.807, 2.05) is 0 Å². The van der Waals surface area contributed by atoms with Crippen LogP contribution in [0.25, 0.3) is 0 Å². The van der Waals surface area contributed by atoms with E-state index in [0.717, 1.165) is 36.4 Å². The molecule has 3 aromatic carbocycles. The van der Waals surface area contributed by atoms with Crippen LogP contribution in [0.3, 0.4) is 0 Å². The molecule has 6 heterocycles. The first-order valence-electron chi connectivity index (χ1n) is 19.2. The van der Waals surface area contributed by atoms with Gasteiger partial charge in [0, 0.05) is 34.9 Å². The van der Waals surface area contributed by atoms with Gasteiger partial charge in [-0.1, -0.05) is 18.2 Å². The highest BCUT2D eigenvalue weighted by molar-refractivity contribution is 5.27. The molecular weight excluding hydrogens is 883 g/mol. The highest BCUT2D eigenvalue weighted by Gasteiger charge is 2.37. The zero-order chi connectivity index (χ0) is 46.7. The van der Waals surface area contributed by atoms with Gasteiger partial charge >= 0.3 is 0 Å². The van der Waals surface area contributed by atoms with E-state index in [1.54, 1.807) is 0 Å². The van der Waals surface area contributed by atoms with Crippen LogP contribution in [0.4, 0.5) is 26.3 Å². The minimum atomic E-state index is -1.70. The number of halogens is 6. The van der Waals surface area contributed by atoms with Crippen molar-refractivity contribution in [2.75, 3.05) is 0 Å². The summed E-state index contributed by atoms with van der Waals surface area (Å²) < 4.78 is 89.8. The standard InChI is InChI=1S/3C13H12F2N6O/c3*14-10-1-2-11(12(15)3-10)13(22,4-20-8-16-6-18-20)5-21-9-17-7-19-21/h3*1-3,6-9,22H,4-5H2. The molecule has 0 bridgehead atoms. The minimum absolute atomic E-state index is 0.0556. The summed E-state index contributed by atoms with van der Waals surface area (Å²) in [6.45, 7) is -0.444. The van der Waals surface area contributed by atoms with Crippen LogP contribution in [0.15, 0.2) is 131 Å². The Morgan fingerprint density at radius 3 is 0.682 bits per heavy atom. The lowest BCUT2D eigenvalue weighted by Gasteiger charge is -2.28. The zero-order valence-corrected chi connectivity index (χ0v) is 34.0. The van der Waals surface area contributed by atoms with Gasteiger partial charge in [0.15, 0.2) is 0 Å². The summed E-state index contributed by atoms with van der Waals surface area (Å²) in [6, 6.07) is 9.06. The van der Waals surface area contributed by atoms with Crippen LogP contribution in [0.5, 0.6) is 0 Å². The minimum Gasteiger partial charge on any atom is -0.381 e. The molecule has 0 unspecified atom stereocenters. The van der Waals surface area contributed by atoms with Crippen molar-refractivity contribution < 1.29 is 41.7 Å². The van der Waals surface area contributed by atoms with Gasteiger partial charge in [0.1, 0.15) is 128 Å². The maximum Gasteiger partial charge on any atom is 0.137 e. The first-order valence-corrected chi connectivity index (χ1v) is 19.2. The van der Waals surface area contributed by atoms with Gasteiger partial charge in [0.05, 0.1) is 39.3 Å². The Balaban J connectivity index is 0.000000147. The fraction of sp³-hybridized carbons (Fsp3) is 0.231. The summed E-state index contributed by atoms with van der Waals surface area (Å²) in [4.78, 5) is 22.7. The zero-order valence-electron chi connectivity index (χ0n) is 34.0. The van der Waals surface area contributed by atoms with Crippen molar-refractivity contribution in [2.45, 2.75) is 56.1 Å². The number of hydrogen-bond donors (Lipinski definition) is 3. The lowest BCUT2D eigenvalue weighted by molar-refractivity contribution is -0.00900. The molecule has 0 aliphatic rings. The second-order valence-electron chi connectivity index (χ2n) is 14.5. The van der Waals surface area contributed by atoms with Crippen LogP contribution in [0.2, 0.25) is 0 Å². The van der Waals surface area contributed by atoms with Gasteiger partial charge in [-0.15, -0.1) is 0 Å². The molecule has 9 rings (SSSR count). The quantitative estimate of drug-likeness (QED) is 0.125. The third-order valence-corrected chi connectivity index (χ3v) is 9.64. The number of nitrogens with zero attached hydrogens (tertiary/aromatic N) is 18. The van der Waals surface area contributed by atoms with Crippen molar-refractivity contribution in [3.05, 3.63) is 182 Å². The topological polar surface area (TPSA) is 245 Å². The molecule has 6 aromatic heterocycles. The second kappa shape index (κ2) is 20.2. The van der Waals surface area contributed by atoms with Crippen molar-refractivity contribution in [1.29, 1.82) is 0 Å². The molecule has 27 heteroatoms. The lowest BCUT2D eigenvalue weighted by atomic mass is 9.93. The van der Waals surface area contributed by atoms with Crippen LogP contribution in [0, 0.1) is 34.9 Å². The van der Waals surface area contributed by atoms with E-state index in [-0.39, 0.29) is 56.0 Å². The van der Waals surface area contributed by atoms with Gasteiger partial charge < -0.3 is 15.3 Å².